The highest BCUT2D eigenvalue weighted by molar-refractivity contribution is 5.70. The van der Waals surface area contributed by atoms with Crippen molar-refractivity contribution in [2.45, 2.75) is 26.3 Å². The fourth-order valence-electron chi connectivity index (χ4n) is 3.06. The Balaban J connectivity index is 1.94. The SMILES string of the molecule is CCN(CCO)c1ccc(CN2CCCC(C(=O)O)C2)cc1. The predicted octanol–water partition coefficient (Wildman–Crippen LogP) is 1.80. The summed E-state index contributed by atoms with van der Waals surface area (Å²) in [4.78, 5) is 15.5. The minimum atomic E-state index is -0.678. The number of aliphatic hydroxyl groups excluding tert-OH is 1. The maximum absolute atomic E-state index is 11.1. The standard InChI is InChI=1S/C17H26N2O3/c1-2-19(10-11-20)16-7-5-14(6-8-16)12-18-9-3-4-15(13-18)17(21)22/h5-8,15,20H,2-4,9-13H2,1H3,(H,21,22). The van der Waals surface area contributed by atoms with Crippen LogP contribution in [0.3, 0.4) is 0 Å². The normalized spacial score (nSPS) is 19.1. The summed E-state index contributed by atoms with van der Waals surface area (Å²) in [5.74, 6) is -0.907. The van der Waals surface area contributed by atoms with E-state index in [2.05, 4.69) is 41.0 Å². The average Bonchev–Trinajstić information content (AvgIpc) is 2.54. The van der Waals surface area contributed by atoms with Crippen molar-refractivity contribution in [2.75, 3.05) is 37.7 Å². The van der Waals surface area contributed by atoms with Crippen LogP contribution in [0.2, 0.25) is 0 Å². The number of aliphatic carboxylic acids is 1. The zero-order valence-corrected chi connectivity index (χ0v) is 13.2. The maximum Gasteiger partial charge on any atom is 0.307 e. The summed E-state index contributed by atoms with van der Waals surface area (Å²) < 4.78 is 0. The van der Waals surface area contributed by atoms with Crippen LogP contribution in [0.25, 0.3) is 0 Å². The maximum atomic E-state index is 11.1. The number of benzene rings is 1. The number of carboxylic acids is 1. The highest BCUT2D eigenvalue weighted by Gasteiger charge is 2.25. The Bertz CT molecular complexity index is 475. The molecule has 2 rings (SSSR count). The van der Waals surface area contributed by atoms with E-state index in [0.717, 1.165) is 38.2 Å². The van der Waals surface area contributed by atoms with Gasteiger partial charge in [-0.15, -0.1) is 0 Å². The van der Waals surface area contributed by atoms with Gasteiger partial charge < -0.3 is 15.1 Å². The molecule has 1 heterocycles. The first-order chi connectivity index (χ1) is 10.6. The molecule has 5 nitrogen and oxygen atoms in total. The van der Waals surface area contributed by atoms with Gasteiger partial charge in [0, 0.05) is 31.9 Å². The van der Waals surface area contributed by atoms with Crippen LogP contribution in [0.4, 0.5) is 5.69 Å². The lowest BCUT2D eigenvalue weighted by molar-refractivity contribution is -0.143. The number of piperidine rings is 1. The van der Waals surface area contributed by atoms with Crippen LogP contribution < -0.4 is 4.90 Å². The van der Waals surface area contributed by atoms with E-state index in [0.29, 0.717) is 13.1 Å². The molecule has 122 valence electrons. The van der Waals surface area contributed by atoms with Crippen molar-refractivity contribution in [3.63, 3.8) is 0 Å². The molecule has 1 aliphatic heterocycles. The molecule has 0 aliphatic carbocycles. The molecule has 5 heteroatoms. The molecule has 0 saturated carbocycles. The van der Waals surface area contributed by atoms with Crippen molar-refractivity contribution < 1.29 is 15.0 Å². The Kier molecular flexibility index (Phi) is 6.21. The third kappa shape index (κ3) is 4.45. The molecule has 1 aromatic rings. The van der Waals surface area contributed by atoms with Gasteiger partial charge in [0.2, 0.25) is 0 Å². The van der Waals surface area contributed by atoms with E-state index in [1.807, 2.05) is 0 Å². The lowest BCUT2D eigenvalue weighted by Gasteiger charge is -2.30. The van der Waals surface area contributed by atoms with Crippen molar-refractivity contribution in [3.05, 3.63) is 29.8 Å². The lowest BCUT2D eigenvalue weighted by atomic mass is 9.98. The molecule has 1 fully saturated rings. The van der Waals surface area contributed by atoms with E-state index < -0.39 is 5.97 Å². The van der Waals surface area contributed by atoms with Gasteiger partial charge in [-0.05, 0) is 44.0 Å². The molecule has 0 bridgehead atoms. The zero-order valence-electron chi connectivity index (χ0n) is 13.2. The number of hydrogen-bond donors (Lipinski definition) is 2. The average molecular weight is 306 g/mol. The molecule has 0 radical (unpaired) electrons. The smallest absolute Gasteiger partial charge is 0.307 e. The molecule has 0 amide bonds. The molecule has 0 aromatic heterocycles. The van der Waals surface area contributed by atoms with Crippen molar-refractivity contribution >= 4 is 11.7 Å². The van der Waals surface area contributed by atoms with Gasteiger partial charge in [-0.3, -0.25) is 9.69 Å². The summed E-state index contributed by atoms with van der Waals surface area (Å²) in [6.07, 6.45) is 1.74. The van der Waals surface area contributed by atoms with E-state index in [9.17, 15) is 4.79 Å². The Morgan fingerprint density at radius 1 is 1.36 bits per heavy atom. The van der Waals surface area contributed by atoms with Crippen LogP contribution >= 0.6 is 0 Å². The molecule has 1 aromatic carbocycles. The second-order valence-electron chi connectivity index (χ2n) is 5.88. The Hall–Kier alpha value is -1.59. The monoisotopic (exact) mass is 306 g/mol. The summed E-state index contributed by atoms with van der Waals surface area (Å²) in [6, 6.07) is 8.35. The third-order valence-corrected chi connectivity index (χ3v) is 4.31. The van der Waals surface area contributed by atoms with Crippen LogP contribution in [-0.4, -0.2) is 53.9 Å². The number of likely N-dealkylation sites (N-methyl/N-ethyl adjacent to an activating group) is 1. The Morgan fingerprint density at radius 2 is 2.09 bits per heavy atom. The van der Waals surface area contributed by atoms with Crippen molar-refractivity contribution in [2.24, 2.45) is 5.92 Å². The number of carboxylic acid groups (broad SMARTS) is 1. The molecule has 22 heavy (non-hydrogen) atoms. The van der Waals surface area contributed by atoms with Crippen LogP contribution in [0, 0.1) is 5.92 Å². The zero-order chi connectivity index (χ0) is 15.9. The topological polar surface area (TPSA) is 64.0 Å². The molecule has 1 aliphatic rings. The van der Waals surface area contributed by atoms with Gasteiger partial charge in [0.15, 0.2) is 0 Å². The van der Waals surface area contributed by atoms with Gasteiger partial charge in [0.05, 0.1) is 12.5 Å². The second kappa shape index (κ2) is 8.15. The van der Waals surface area contributed by atoms with Crippen molar-refractivity contribution in [3.8, 4) is 0 Å². The molecular weight excluding hydrogens is 280 g/mol. The summed E-state index contributed by atoms with van der Waals surface area (Å²) >= 11 is 0. The molecule has 1 unspecified atom stereocenters. The molecule has 1 atom stereocenters. The van der Waals surface area contributed by atoms with Gasteiger partial charge in [0.1, 0.15) is 0 Å². The molecule has 1 saturated heterocycles. The highest BCUT2D eigenvalue weighted by Crippen LogP contribution is 2.20. The minimum absolute atomic E-state index is 0.153. The first-order valence-electron chi connectivity index (χ1n) is 8.04. The van der Waals surface area contributed by atoms with Gasteiger partial charge >= 0.3 is 5.97 Å². The summed E-state index contributed by atoms with van der Waals surface area (Å²) in [5, 5.41) is 18.2. The number of hydrogen-bond acceptors (Lipinski definition) is 4. The number of aliphatic hydroxyl groups is 1. The fourth-order valence-corrected chi connectivity index (χ4v) is 3.06. The van der Waals surface area contributed by atoms with E-state index in [1.54, 1.807) is 0 Å². The quantitative estimate of drug-likeness (QED) is 0.804. The van der Waals surface area contributed by atoms with Crippen molar-refractivity contribution in [1.82, 2.24) is 4.90 Å². The second-order valence-corrected chi connectivity index (χ2v) is 5.88. The fraction of sp³-hybridized carbons (Fsp3) is 0.588. The van der Waals surface area contributed by atoms with Crippen LogP contribution in [-0.2, 0) is 11.3 Å². The lowest BCUT2D eigenvalue weighted by Crippen LogP contribution is -2.38. The molecular formula is C17H26N2O3. The summed E-state index contributed by atoms with van der Waals surface area (Å²) in [5.41, 5.74) is 2.32. The first kappa shape index (κ1) is 16.8. The number of carbonyl (C=O) groups is 1. The van der Waals surface area contributed by atoms with Crippen molar-refractivity contribution in [1.29, 1.82) is 0 Å². The van der Waals surface area contributed by atoms with Gasteiger partial charge in [-0.1, -0.05) is 12.1 Å². The van der Waals surface area contributed by atoms with Crippen LogP contribution in [0.1, 0.15) is 25.3 Å². The number of rotatable bonds is 7. The number of likely N-dealkylation sites (tertiary alicyclic amines) is 1. The molecule has 2 N–H and O–H groups in total. The van der Waals surface area contributed by atoms with Gasteiger partial charge in [-0.25, -0.2) is 0 Å². The van der Waals surface area contributed by atoms with E-state index in [1.165, 1.54) is 5.56 Å². The van der Waals surface area contributed by atoms with Gasteiger partial charge in [-0.2, -0.15) is 0 Å². The Labute approximate surface area is 132 Å². The Morgan fingerprint density at radius 3 is 2.68 bits per heavy atom. The van der Waals surface area contributed by atoms with Gasteiger partial charge in [0.25, 0.3) is 0 Å². The minimum Gasteiger partial charge on any atom is -0.481 e. The third-order valence-electron chi connectivity index (χ3n) is 4.31. The largest absolute Gasteiger partial charge is 0.481 e. The first-order valence-corrected chi connectivity index (χ1v) is 8.04. The number of nitrogens with zero attached hydrogens (tertiary/aromatic N) is 2. The summed E-state index contributed by atoms with van der Waals surface area (Å²) in [6.45, 7) is 6.15. The van der Waals surface area contributed by atoms with E-state index >= 15 is 0 Å². The van der Waals surface area contributed by atoms with E-state index in [-0.39, 0.29) is 12.5 Å². The predicted molar refractivity (Wildman–Crippen MR) is 87.1 cm³/mol. The van der Waals surface area contributed by atoms with Crippen LogP contribution in [0.5, 0.6) is 0 Å². The highest BCUT2D eigenvalue weighted by atomic mass is 16.4. The van der Waals surface area contributed by atoms with Crippen LogP contribution in [0.15, 0.2) is 24.3 Å². The molecule has 0 spiro atoms. The van der Waals surface area contributed by atoms with E-state index in [4.69, 9.17) is 10.2 Å². The summed E-state index contributed by atoms with van der Waals surface area (Å²) in [7, 11) is 0. The number of anilines is 1.